The smallest absolute Gasteiger partial charge is 0.0637 e. The maximum atomic E-state index is 9.44. The van der Waals surface area contributed by atoms with Crippen LogP contribution in [0.15, 0.2) is 24.3 Å². The highest BCUT2D eigenvalue weighted by atomic mass is 16.3. The van der Waals surface area contributed by atoms with Gasteiger partial charge in [0.15, 0.2) is 0 Å². The van der Waals surface area contributed by atoms with Crippen LogP contribution in [0.1, 0.15) is 19.4 Å². The van der Waals surface area contributed by atoms with E-state index in [4.69, 9.17) is 0 Å². The van der Waals surface area contributed by atoms with E-state index >= 15 is 0 Å². The number of rotatable bonds is 3. The van der Waals surface area contributed by atoms with E-state index in [0.29, 0.717) is 5.92 Å². The monoisotopic (exact) mass is 205 g/mol. The van der Waals surface area contributed by atoms with E-state index in [1.165, 1.54) is 11.3 Å². The van der Waals surface area contributed by atoms with Gasteiger partial charge in [-0.25, -0.2) is 0 Å². The molecule has 0 amide bonds. The number of anilines is 1. The molecule has 15 heavy (non-hydrogen) atoms. The van der Waals surface area contributed by atoms with Crippen LogP contribution in [0.3, 0.4) is 0 Å². The third-order valence-electron chi connectivity index (χ3n) is 3.28. The third-order valence-corrected chi connectivity index (χ3v) is 3.28. The lowest BCUT2D eigenvalue weighted by molar-refractivity contribution is 0.232. The molecule has 1 atom stereocenters. The first-order valence-electron chi connectivity index (χ1n) is 5.69. The molecule has 0 saturated heterocycles. The predicted octanol–water partition coefficient (Wildman–Crippen LogP) is 2.07. The zero-order valence-electron chi connectivity index (χ0n) is 9.48. The SMILES string of the molecule is CC(C)C(CO)N1CCc2ccccc21. The van der Waals surface area contributed by atoms with Crippen molar-refractivity contribution in [3.63, 3.8) is 0 Å². The second kappa shape index (κ2) is 4.23. The van der Waals surface area contributed by atoms with Gasteiger partial charge in [-0.2, -0.15) is 0 Å². The highest BCUT2D eigenvalue weighted by molar-refractivity contribution is 5.58. The largest absolute Gasteiger partial charge is 0.394 e. The molecule has 1 heterocycles. The van der Waals surface area contributed by atoms with Crippen molar-refractivity contribution in [2.75, 3.05) is 18.1 Å². The maximum absolute atomic E-state index is 9.44. The first-order valence-corrected chi connectivity index (χ1v) is 5.69. The van der Waals surface area contributed by atoms with E-state index in [1.807, 2.05) is 0 Å². The molecular weight excluding hydrogens is 186 g/mol. The van der Waals surface area contributed by atoms with Crippen LogP contribution in [-0.2, 0) is 6.42 Å². The Morgan fingerprint density at radius 1 is 1.33 bits per heavy atom. The fraction of sp³-hybridized carbons (Fsp3) is 0.538. The van der Waals surface area contributed by atoms with Crippen LogP contribution >= 0.6 is 0 Å². The third kappa shape index (κ3) is 1.86. The lowest BCUT2D eigenvalue weighted by Gasteiger charge is -2.31. The van der Waals surface area contributed by atoms with Gasteiger partial charge in [-0.1, -0.05) is 32.0 Å². The standard InChI is InChI=1S/C13H19NO/c1-10(2)13(9-15)14-8-7-11-5-3-4-6-12(11)14/h3-6,10,13,15H,7-9H2,1-2H3. The average molecular weight is 205 g/mol. The molecule has 2 rings (SSSR count). The van der Waals surface area contributed by atoms with E-state index in [1.54, 1.807) is 0 Å². The van der Waals surface area contributed by atoms with Crippen molar-refractivity contribution >= 4 is 5.69 Å². The quantitative estimate of drug-likeness (QED) is 0.816. The summed E-state index contributed by atoms with van der Waals surface area (Å²) in [5, 5.41) is 9.44. The summed E-state index contributed by atoms with van der Waals surface area (Å²) in [6.07, 6.45) is 1.11. The lowest BCUT2D eigenvalue weighted by Crippen LogP contribution is -2.40. The van der Waals surface area contributed by atoms with Gasteiger partial charge >= 0.3 is 0 Å². The molecule has 0 bridgehead atoms. The predicted molar refractivity (Wildman–Crippen MR) is 63.2 cm³/mol. The Hall–Kier alpha value is -1.02. The van der Waals surface area contributed by atoms with Crippen molar-refractivity contribution < 1.29 is 5.11 Å². The minimum absolute atomic E-state index is 0.242. The Morgan fingerprint density at radius 3 is 2.73 bits per heavy atom. The molecule has 0 aromatic heterocycles. The molecule has 1 unspecified atom stereocenters. The van der Waals surface area contributed by atoms with E-state index in [2.05, 4.69) is 43.0 Å². The Kier molecular flexibility index (Phi) is 2.96. The van der Waals surface area contributed by atoms with E-state index in [9.17, 15) is 5.11 Å². The number of fused-ring (bicyclic) bond motifs is 1. The summed E-state index contributed by atoms with van der Waals surface area (Å²) in [5.41, 5.74) is 2.72. The van der Waals surface area contributed by atoms with Crippen LogP contribution in [0.5, 0.6) is 0 Å². The van der Waals surface area contributed by atoms with Gasteiger partial charge in [0.05, 0.1) is 12.6 Å². The molecule has 2 heteroatoms. The number of aliphatic hydroxyl groups is 1. The zero-order valence-corrected chi connectivity index (χ0v) is 9.48. The van der Waals surface area contributed by atoms with Gasteiger partial charge in [0.1, 0.15) is 0 Å². The fourth-order valence-corrected chi connectivity index (χ4v) is 2.38. The Morgan fingerprint density at radius 2 is 2.07 bits per heavy atom. The van der Waals surface area contributed by atoms with Crippen LogP contribution in [0.4, 0.5) is 5.69 Å². The van der Waals surface area contributed by atoms with E-state index < -0.39 is 0 Å². The Bertz CT molecular complexity index is 335. The Labute approximate surface area is 91.5 Å². The van der Waals surface area contributed by atoms with Crippen molar-refractivity contribution in [2.45, 2.75) is 26.3 Å². The minimum Gasteiger partial charge on any atom is -0.394 e. The van der Waals surface area contributed by atoms with E-state index in [0.717, 1.165) is 13.0 Å². The van der Waals surface area contributed by atoms with Crippen molar-refractivity contribution in [1.29, 1.82) is 0 Å². The first kappa shape index (κ1) is 10.5. The van der Waals surface area contributed by atoms with Gasteiger partial charge < -0.3 is 10.0 Å². The van der Waals surface area contributed by atoms with Crippen molar-refractivity contribution in [1.82, 2.24) is 0 Å². The molecule has 0 spiro atoms. The maximum Gasteiger partial charge on any atom is 0.0637 e. The molecule has 1 N–H and O–H groups in total. The molecule has 0 fully saturated rings. The van der Waals surface area contributed by atoms with Gasteiger partial charge in [-0.15, -0.1) is 0 Å². The summed E-state index contributed by atoms with van der Waals surface area (Å²) < 4.78 is 0. The van der Waals surface area contributed by atoms with Crippen LogP contribution in [0.25, 0.3) is 0 Å². The number of aliphatic hydroxyl groups excluding tert-OH is 1. The summed E-state index contributed by atoms with van der Waals surface area (Å²) in [6, 6.07) is 8.77. The molecule has 1 aliphatic heterocycles. The highest BCUT2D eigenvalue weighted by Gasteiger charge is 2.26. The summed E-state index contributed by atoms with van der Waals surface area (Å²) in [7, 11) is 0. The summed E-state index contributed by atoms with van der Waals surface area (Å²) in [6.45, 7) is 5.62. The normalized spacial score (nSPS) is 16.9. The number of nitrogens with zero attached hydrogens (tertiary/aromatic N) is 1. The molecule has 1 aromatic rings. The average Bonchev–Trinajstić information content (AvgIpc) is 2.63. The molecular formula is C13H19NO. The zero-order chi connectivity index (χ0) is 10.8. The molecule has 1 aliphatic rings. The van der Waals surface area contributed by atoms with Crippen molar-refractivity contribution in [3.05, 3.63) is 29.8 Å². The van der Waals surface area contributed by atoms with Crippen molar-refractivity contribution in [2.24, 2.45) is 5.92 Å². The molecule has 0 aliphatic carbocycles. The molecule has 0 radical (unpaired) electrons. The summed E-state index contributed by atoms with van der Waals surface area (Å²) in [5.74, 6) is 0.487. The topological polar surface area (TPSA) is 23.5 Å². The number of hydrogen-bond donors (Lipinski definition) is 1. The van der Waals surface area contributed by atoms with E-state index in [-0.39, 0.29) is 12.6 Å². The molecule has 82 valence electrons. The summed E-state index contributed by atoms with van der Waals surface area (Å²) >= 11 is 0. The second-order valence-electron chi connectivity index (χ2n) is 4.57. The molecule has 0 saturated carbocycles. The number of hydrogen-bond acceptors (Lipinski definition) is 2. The van der Waals surface area contributed by atoms with Crippen molar-refractivity contribution in [3.8, 4) is 0 Å². The lowest BCUT2D eigenvalue weighted by atomic mass is 10.0. The van der Waals surface area contributed by atoms with Gasteiger partial charge in [0.25, 0.3) is 0 Å². The van der Waals surface area contributed by atoms with Crippen LogP contribution in [0, 0.1) is 5.92 Å². The molecule has 1 aromatic carbocycles. The highest BCUT2D eigenvalue weighted by Crippen LogP contribution is 2.30. The number of para-hydroxylation sites is 1. The van der Waals surface area contributed by atoms with Crippen LogP contribution < -0.4 is 4.90 Å². The summed E-state index contributed by atoms with van der Waals surface area (Å²) in [4.78, 5) is 2.35. The van der Waals surface area contributed by atoms with Gasteiger partial charge in [0.2, 0.25) is 0 Å². The first-order chi connectivity index (χ1) is 7.24. The van der Waals surface area contributed by atoms with Gasteiger partial charge in [0, 0.05) is 12.2 Å². The fourth-order valence-electron chi connectivity index (χ4n) is 2.38. The minimum atomic E-state index is 0.242. The van der Waals surface area contributed by atoms with Gasteiger partial charge in [-0.3, -0.25) is 0 Å². The van der Waals surface area contributed by atoms with Crippen LogP contribution in [0.2, 0.25) is 0 Å². The van der Waals surface area contributed by atoms with Gasteiger partial charge in [-0.05, 0) is 24.0 Å². The second-order valence-corrected chi connectivity index (χ2v) is 4.57. The number of benzene rings is 1. The Balaban J connectivity index is 2.26. The molecule has 2 nitrogen and oxygen atoms in total. The van der Waals surface area contributed by atoms with Crippen LogP contribution in [-0.4, -0.2) is 24.3 Å².